The van der Waals surface area contributed by atoms with E-state index in [0.29, 0.717) is 42.8 Å². The summed E-state index contributed by atoms with van der Waals surface area (Å²) in [5.41, 5.74) is 1.10. The number of carbonyl (C=O) groups excluding carboxylic acids is 3. The summed E-state index contributed by atoms with van der Waals surface area (Å²) in [5.74, 6) is 0.0829. The maximum atomic E-state index is 13.1. The van der Waals surface area contributed by atoms with Gasteiger partial charge in [0.1, 0.15) is 11.8 Å². The molecule has 176 valence electrons. The van der Waals surface area contributed by atoms with Crippen molar-refractivity contribution < 1.29 is 19.1 Å². The van der Waals surface area contributed by atoms with Gasteiger partial charge in [-0.05, 0) is 62.4 Å². The van der Waals surface area contributed by atoms with Crippen LogP contribution < -0.4 is 15.4 Å². The number of piperidine rings is 1. The molecule has 1 fully saturated rings. The van der Waals surface area contributed by atoms with Crippen LogP contribution in [-0.4, -0.2) is 54.9 Å². The molecule has 0 aromatic heterocycles. The smallest absolute Gasteiger partial charge is 0.253 e. The molecule has 1 saturated heterocycles. The van der Waals surface area contributed by atoms with Gasteiger partial charge in [0.2, 0.25) is 5.91 Å². The highest BCUT2D eigenvalue weighted by atomic mass is 16.5. The summed E-state index contributed by atoms with van der Waals surface area (Å²) in [6, 6.07) is 15.4. The fraction of sp³-hybridized carbons (Fsp3) is 0.423. The molecule has 3 rings (SSSR count). The number of benzene rings is 2. The lowest BCUT2D eigenvalue weighted by atomic mass is 9.88. The summed E-state index contributed by atoms with van der Waals surface area (Å²) in [7, 11) is 1.57. The third kappa shape index (κ3) is 6.34. The highest BCUT2D eigenvalue weighted by molar-refractivity contribution is 5.98. The first-order valence-corrected chi connectivity index (χ1v) is 11.5. The molecule has 3 amide bonds. The Hall–Kier alpha value is -3.35. The zero-order valence-electron chi connectivity index (χ0n) is 19.5. The molecule has 0 radical (unpaired) electrons. The van der Waals surface area contributed by atoms with Crippen LogP contribution in [0.4, 0.5) is 0 Å². The molecule has 2 aromatic rings. The van der Waals surface area contributed by atoms with Gasteiger partial charge in [-0.1, -0.05) is 31.2 Å². The van der Waals surface area contributed by atoms with Crippen LogP contribution in [0.5, 0.6) is 5.75 Å². The predicted octanol–water partition coefficient (Wildman–Crippen LogP) is 3.26. The van der Waals surface area contributed by atoms with Crippen molar-refractivity contribution in [3.05, 3.63) is 65.7 Å². The molecule has 0 unspecified atom stereocenters. The van der Waals surface area contributed by atoms with E-state index >= 15 is 0 Å². The SMILES string of the molecule is CC[C@@H](C)NC(=O)[C@@H](NC(=O)c1ccccc1)C1CCN(C(=O)c2cccc(OC)c2)CC1. The fourth-order valence-corrected chi connectivity index (χ4v) is 4.02. The van der Waals surface area contributed by atoms with Crippen molar-refractivity contribution in [2.24, 2.45) is 5.92 Å². The van der Waals surface area contributed by atoms with E-state index in [0.717, 1.165) is 6.42 Å². The topological polar surface area (TPSA) is 87.7 Å². The van der Waals surface area contributed by atoms with Crippen molar-refractivity contribution in [1.82, 2.24) is 15.5 Å². The third-order valence-electron chi connectivity index (χ3n) is 6.22. The Labute approximate surface area is 195 Å². The minimum absolute atomic E-state index is 0.0170. The van der Waals surface area contributed by atoms with Gasteiger partial charge in [-0.2, -0.15) is 0 Å². The second-order valence-electron chi connectivity index (χ2n) is 8.50. The van der Waals surface area contributed by atoms with Gasteiger partial charge in [0.15, 0.2) is 0 Å². The van der Waals surface area contributed by atoms with Crippen LogP contribution >= 0.6 is 0 Å². The van der Waals surface area contributed by atoms with E-state index in [1.54, 1.807) is 60.5 Å². The van der Waals surface area contributed by atoms with E-state index in [1.165, 1.54) is 0 Å². The molecular weight excluding hydrogens is 418 g/mol. The lowest BCUT2D eigenvalue weighted by molar-refractivity contribution is -0.125. The molecular formula is C26H33N3O4. The molecule has 1 heterocycles. The normalized spacial score (nSPS) is 15.9. The van der Waals surface area contributed by atoms with E-state index in [9.17, 15) is 14.4 Å². The minimum Gasteiger partial charge on any atom is -0.497 e. The molecule has 33 heavy (non-hydrogen) atoms. The van der Waals surface area contributed by atoms with Gasteiger partial charge in [0.05, 0.1) is 7.11 Å². The van der Waals surface area contributed by atoms with Crippen LogP contribution in [0.3, 0.4) is 0 Å². The largest absolute Gasteiger partial charge is 0.497 e. The van der Waals surface area contributed by atoms with Crippen molar-refractivity contribution in [3.63, 3.8) is 0 Å². The van der Waals surface area contributed by atoms with Gasteiger partial charge in [0, 0.05) is 30.3 Å². The van der Waals surface area contributed by atoms with Crippen molar-refractivity contribution in [2.45, 2.75) is 45.2 Å². The molecule has 2 atom stereocenters. The van der Waals surface area contributed by atoms with E-state index in [-0.39, 0.29) is 29.7 Å². The van der Waals surface area contributed by atoms with Crippen molar-refractivity contribution in [1.29, 1.82) is 0 Å². The number of ether oxygens (including phenoxy) is 1. The zero-order chi connectivity index (χ0) is 23.8. The number of amides is 3. The maximum Gasteiger partial charge on any atom is 0.253 e. The van der Waals surface area contributed by atoms with Crippen molar-refractivity contribution >= 4 is 17.7 Å². The van der Waals surface area contributed by atoms with E-state index in [2.05, 4.69) is 10.6 Å². The monoisotopic (exact) mass is 451 g/mol. The van der Waals surface area contributed by atoms with Crippen LogP contribution in [-0.2, 0) is 4.79 Å². The summed E-state index contributed by atoms with van der Waals surface area (Å²) in [5, 5.41) is 5.96. The molecule has 2 N–H and O–H groups in total. The van der Waals surface area contributed by atoms with Crippen LogP contribution in [0.2, 0.25) is 0 Å². The molecule has 0 aliphatic carbocycles. The van der Waals surface area contributed by atoms with Gasteiger partial charge in [-0.15, -0.1) is 0 Å². The Morgan fingerprint density at radius 3 is 2.30 bits per heavy atom. The number of nitrogens with zero attached hydrogens (tertiary/aromatic N) is 1. The molecule has 0 spiro atoms. The first-order chi connectivity index (χ1) is 15.9. The Morgan fingerprint density at radius 2 is 1.67 bits per heavy atom. The second-order valence-corrected chi connectivity index (χ2v) is 8.50. The van der Waals surface area contributed by atoms with Crippen molar-refractivity contribution in [3.8, 4) is 5.75 Å². The lowest BCUT2D eigenvalue weighted by Gasteiger charge is -2.36. The van der Waals surface area contributed by atoms with Gasteiger partial charge >= 0.3 is 0 Å². The predicted molar refractivity (Wildman–Crippen MR) is 127 cm³/mol. The number of nitrogens with one attached hydrogen (secondary N) is 2. The Morgan fingerprint density at radius 1 is 1.00 bits per heavy atom. The Bertz CT molecular complexity index is 955. The molecule has 7 nitrogen and oxygen atoms in total. The fourth-order valence-electron chi connectivity index (χ4n) is 4.02. The van der Waals surface area contributed by atoms with Crippen LogP contribution in [0.25, 0.3) is 0 Å². The zero-order valence-corrected chi connectivity index (χ0v) is 19.5. The van der Waals surface area contributed by atoms with E-state index < -0.39 is 6.04 Å². The van der Waals surface area contributed by atoms with Gasteiger partial charge < -0.3 is 20.3 Å². The number of rotatable bonds is 8. The molecule has 1 aliphatic rings. The number of hydrogen-bond donors (Lipinski definition) is 2. The molecule has 7 heteroatoms. The average molecular weight is 452 g/mol. The van der Waals surface area contributed by atoms with E-state index in [4.69, 9.17) is 4.74 Å². The standard InChI is InChI=1S/C26H33N3O4/c1-4-18(2)27-25(31)23(28-24(30)20-9-6-5-7-10-20)19-13-15-29(16-14-19)26(32)21-11-8-12-22(17-21)33-3/h5-12,17-19,23H,4,13-16H2,1-3H3,(H,27,31)(H,28,30)/t18-,23+/m1/s1. The first-order valence-electron chi connectivity index (χ1n) is 11.5. The highest BCUT2D eigenvalue weighted by Gasteiger charge is 2.34. The summed E-state index contributed by atoms with van der Waals surface area (Å²) in [6.45, 7) is 5.00. The Balaban J connectivity index is 1.69. The van der Waals surface area contributed by atoms with Gasteiger partial charge in [-0.3, -0.25) is 14.4 Å². The van der Waals surface area contributed by atoms with Gasteiger partial charge in [0.25, 0.3) is 11.8 Å². The van der Waals surface area contributed by atoms with E-state index in [1.807, 2.05) is 19.9 Å². The third-order valence-corrected chi connectivity index (χ3v) is 6.22. The second kappa shape index (κ2) is 11.5. The molecule has 0 saturated carbocycles. The number of methoxy groups -OCH3 is 1. The number of carbonyl (C=O) groups is 3. The molecule has 1 aliphatic heterocycles. The number of hydrogen-bond acceptors (Lipinski definition) is 4. The van der Waals surface area contributed by atoms with Gasteiger partial charge in [-0.25, -0.2) is 0 Å². The first kappa shape index (κ1) is 24.3. The summed E-state index contributed by atoms with van der Waals surface area (Å²) >= 11 is 0. The van der Waals surface area contributed by atoms with Crippen LogP contribution in [0.1, 0.15) is 53.8 Å². The molecule has 0 bridgehead atoms. The van der Waals surface area contributed by atoms with Crippen LogP contribution in [0.15, 0.2) is 54.6 Å². The summed E-state index contributed by atoms with van der Waals surface area (Å²) in [6.07, 6.45) is 2.06. The average Bonchev–Trinajstić information content (AvgIpc) is 2.87. The maximum absolute atomic E-state index is 13.1. The molecule has 2 aromatic carbocycles. The van der Waals surface area contributed by atoms with Crippen LogP contribution in [0, 0.1) is 5.92 Å². The minimum atomic E-state index is -0.652. The number of likely N-dealkylation sites (tertiary alicyclic amines) is 1. The quantitative estimate of drug-likeness (QED) is 0.645. The van der Waals surface area contributed by atoms with Crippen molar-refractivity contribution in [2.75, 3.05) is 20.2 Å². The Kier molecular flexibility index (Phi) is 8.46. The highest BCUT2D eigenvalue weighted by Crippen LogP contribution is 2.24. The summed E-state index contributed by atoms with van der Waals surface area (Å²) in [4.78, 5) is 40.6. The summed E-state index contributed by atoms with van der Waals surface area (Å²) < 4.78 is 5.23. The lowest BCUT2D eigenvalue weighted by Crippen LogP contribution is -2.55.